The number of rotatable bonds is 4. The van der Waals surface area contributed by atoms with Gasteiger partial charge in [-0.3, -0.25) is 4.79 Å². The zero-order chi connectivity index (χ0) is 15.0. The second kappa shape index (κ2) is 8.00. The summed E-state index contributed by atoms with van der Waals surface area (Å²) in [5.74, 6) is -0.0227. The third-order valence-electron chi connectivity index (χ3n) is 2.87. The molecule has 2 rings (SSSR count). The van der Waals surface area contributed by atoms with E-state index in [-0.39, 0.29) is 11.9 Å². The summed E-state index contributed by atoms with van der Waals surface area (Å²) in [7, 11) is 0. The molecule has 1 heterocycles. The van der Waals surface area contributed by atoms with Gasteiger partial charge >= 0.3 is 0 Å². The number of anilines is 2. The number of benzene rings is 1. The summed E-state index contributed by atoms with van der Waals surface area (Å²) in [6.07, 6.45) is 5.90. The lowest BCUT2D eigenvalue weighted by Gasteiger charge is -2.27. The Bertz CT molecular complexity index is 517. The standard InChI is InChI=1S/C15H16N2O.C2H6/c1-3-7-11(4-2)10-14-15(18)17-13-9-6-5-8-12(13)16-14;1-2/h3-9,14,16H,1-2,10H2,(H,17,18);1-2H3/b11-7+;. The Hall–Kier alpha value is -2.29. The van der Waals surface area contributed by atoms with Gasteiger partial charge in [0, 0.05) is 6.42 Å². The summed E-state index contributed by atoms with van der Waals surface area (Å²) < 4.78 is 0. The Morgan fingerprint density at radius 2 is 1.90 bits per heavy atom. The quantitative estimate of drug-likeness (QED) is 0.807. The molecule has 1 unspecified atom stereocenters. The van der Waals surface area contributed by atoms with Crippen molar-refractivity contribution in [1.82, 2.24) is 0 Å². The van der Waals surface area contributed by atoms with Crippen LogP contribution in [0.2, 0.25) is 0 Å². The molecule has 0 bridgehead atoms. The Morgan fingerprint density at radius 3 is 2.50 bits per heavy atom. The molecule has 106 valence electrons. The van der Waals surface area contributed by atoms with Gasteiger partial charge in [-0.2, -0.15) is 0 Å². The normalized spacial score (nSPS) is 16.8. The van der Waals surface area contributed by atoms with Crippen molar-refractivity contribution in [2.45, 2.75) is 26.3 Å². The van der Waals surface area contributed by atoms with Crippen LogP contribution in [0.15, 0.2) is 61.2 Å². The smallest absolute Gasteiger partial charge is 0.247 e. The highest BCUT2D eigenvalue weighted by atomic mass is 16.2. The van der Waals surface area contributed by atoms with Crippen LogP contribution in [0.1, 0.15) is 20.3 Å². The summed E-state index contributed by atoms with van der Waals surface area (Å²) in [6, 6.07) is 7.39. The zero-order valence-electron chi connectivity index (χ0n) is 12.1. The first kappa shape index (κ1) is 15.8. The van der Waals surface area contributed by atoms with Crippen LogP contribution < -0.4 is 10.6 Å². The maximum atomic E-state index is 12.0. The third kappa shape index (κ3) is 3.85. The summed E-state index contributed by atoms with van der Waals surface area (Å²) in [5, 5.41) is 6.13. The van der Waals surface area contributed by atoms with E-state index < -0.39 is 0 Å². The van der Waals surface area contributed by atoms with Crippen molar-refractivity contribution in [3.63, 3.8) is 0 Å². The largest absolute Gasteiger partial charge is 0.372 e. The zero-order valence-corrected chi connectivity index (χ0v) is 12.1. The molecule has 20 heavy (non-hydrogen) atoms. The number of hydrogen-bond donors (Lipinski definition) is 2. The van der Waals surface area contributed by atoms with Crippen molar-refractivity contribution in [3.05, 3.63) is 61.2 Å². The van der Waals surface area contributed by atoms with E-state index in [9.17, 15) is 4.79 Å². The SMILES string of the molecule is C=C/C=C(\C=C)CC1Nc2ccccc2NC1=O.CC. The molecule has 1 aliphatic rings. The van der Waals surface area contributed by atoms with E-state index >= 15 is 0 Å². The van der Waals surface area contributed by atoms with E-state index in [1.165, 1.54) is 0 Å². The number of amides is 1. The number of allylic oxidation sites excluding steroid dienone is 3. The van der Waals surface area contributed by atoms with E-state index in [1.54, 1.807) is 12.2 Å². The Kier molecular flexibility index (Phi) is 6.30. The molecule has 1 aromatic carbocycles. The number of para-hydroxylation sites is 2. The molecule has 0 saturated carbocycles. The maximum Gasteiger partial charge on any atom is 0.247 e. The van der Waals surface area contributed by atoms with Crippen molar-refractivity contribution >= 4 is 17.3 Å². The maximum absolute atomic E-state index is 12.0. The van der Waals surface area contributed by atoms with Gasteiger partial charge in [-0.25, -0.2) is 0 Å². The lowest BCUT2D eigenvalue weighted by Crippen LogP contribution is -2.38. The van der Waals surface area contributed by atoms with Crippen LogP contribution in [0, 0.1) is 0 Å². The predicted molar refractivity (Wildman–Crippen MR) is 86.9 cm³/mol. The minimum absolute atomic E-state index is 0.0227. The van der Waals surface area contributed by atoms with Gasteiger partial charge in [-0.1, -0.05) is 57.4 Å². The van der Waals surface area contributed by atoms with E-state index in [0.29, 0.717) is 6.42 Å². The van der Waals surface area contributed by atoms with E-state index in [4.69, 9.17) is 0 Å². The van der Waals surface area contributed by atoms with Gasteiger partial charge in [0.05, 0.1) is 11.4 Å². The third-order valence-corrected chi connectivity index (χ3v) is 2.87. The molecule has 3 heteroatoms. The summed E-state index contributed by atoms with van der Waals surface area (Å²) in [4.78, 5) is 12.0. The highest BCUT2D eigenvalue weighted by Crippen LogP contribution is 2.27. The molecule has 2 N–H and O–H groups in total. The van der Waals surface area contributed by atoms with Crippen molar-refractivity contribution < 1.29 is 4.79 Å². The van der Waals surface area contributed by atoms with Crippen molar-refractivity contribution in [1.29, 1.82) is 0 Å². The fourth-order valence-corrected chi connectivity index (χ4v) is 1.94. The van der Waals surface area contributed by atoms with Crippen molar-refractivity contribution in [3.8, 4) is 0 Å². The summed E-state index contributed by atoms with van der Waals surface area (Å²) in [6.45, 7) is 11.4. The topological polar surface area (TPSA) is 41.1 Å². The predicted octanol–water partition coefficient (Wildman–Crippen LogP) is 4.13. The molecule has 0 spiro atoms. The fraction of sp³-hybridized carbons (Fsp3) is 0.235. The molecule has 1 atom stereocenters. The lowest BCUT2D eigenvalue weighted by molar-refractivity contribution is -0.117. The number of nitrogens with one attached hydrogen (secondary N) is 2. The Labute approximate surface area is 121 Å². The highest BCUT2D eigenvalue weighted by Gasteiger charge is 2.25. The van der Waals surface area contributed by atoms with Gasteiger partial charge in [0.15, 0.2) is 0 Å². The first-order valence-electron chi connectivity index (χ1n) is 6.85. The fourth-order valence-electron chi connectivity index (χ4n) is 1.94. The monoisotopic (exact) mass is 270 g/mol. The van der Waals surface area contributed by atoms with Crippen LogP contribution >= 0.6 is 0 Å². The van der Waals surface area contributed by atoms with E-state index in [2.05, 4.69) is 23.8 Å². The average molecular weight is 270 g/mol. The lowest BCUT2D eigenvalue weighted by atomic mass is 10.0. The first-order valence-corrected chi connectivity index (χ1v) is 6.85. The minimum Gasteiger partial charge on any atom is -0.372 e. The van der Waals surface area contributed by atoms with Crippen LogP contribution in [-0.4, -0.2) is 11.9 Å². The molecule has 1 aromatic rings. The number of carbonyl (C=O) groups is 1. The minimum atomic E-state index is -0.274. The van der Waals surface area contributed by atoms with Gasteiger partial charge < -0.3 is 10.6 Å². The molecule has 1 aliphatic heterocycles. The molecule has 0 fully saturated rings. The Balaban J connectivity index is 0.000000956. The van der Waals surface area contributed by atoms with Crippen LogP contribution in [0.4, 0.5) is 11.4 Å². The molecule has 0 aliphatic carbocycles. The van der Waals surface area contributed by atoms with Gasteiger partial charge in [-0.15, -0.1) is 0 Å². The number of fused-ring (bicyclic) bond motifs is 1. The van der Waals surface area contributed by atoms with E-state index in [0.717, 1.165) is 16.9 Å². The molecular formula is C17H22N2O. The molecular weight excluding hydrogens is 248 g/mol. The number of carbonyl (C=O) groups excluding carboxylic acids is 1. The van der Waals surface area contributed by atoms with Gasteiger partial charge in [-0.05, 0) is 17.7 Å². The highest BCUT2D eigenvalue weighted by molar-refractivity contribution is 6.03. The molecule has 0 radical (unpaired) electrons. The van der Waals surface area contributed by atoms with Gasteiger partial charge in [0.25, 0.3) is 0 Å². The van der Waals surface area contributed by atoms with Crippen LogP contribution in [0.25, 0.3) is 0 Å². The van der Waals surface area contributed by atoms with E-state index in [1.807, 2.05) is 44.2 Å². The van der Waals surface area contributed by atoms with Crippen molar-refractivity contribution in [2.75, 3.05) is 10.6 Å². The first-order chi connectivity index (χ1) is 9.74. The van der Waals surface area contributed by atoms with Gasteiger partial charge in [0.2, 0.25) is 5.91 Å². The number of hydrogen-bond acceptors (Lipinski definition) is 2. The van der Waals surface area contributed by atoms with Crippen molar-refractivity contribution in [2.24, 2.45) is 0 Å². The molecule has 3 nitrogen and oxygen atoms in total. The van der Waals surface area contributed by atoms with Crippen LogP contribution in [0.3, 0.4) is 0 Å². The van der Waals surface area contributed by atoms with Crippen LogP contribution in [-0.2, 0) is 4.79 Å². The Morgan fingerprint density at radius 1 is 1.25 bits per heavy atom. The van der Waals surface area contributed by atoms with Crippen LogP contribution in [0.5, 0.6) is 0 Å². The summed E-state index contributed by atoms with van der Waals surface area (Å²) >= 11 is 0. The molecule has 0 aromatic heterocycles. The second-order valence-electron chi connectivity index (χ2n) is 4.12. The molecule has 0 saturated heterocycles. The average Bonchev–Trinajstić information content (AvgIpc) is 2.49. The summed E-state index contributed by atoms with van der Waals surface area (Å²) in [5.41, 5.74) is 2.76. The van der Waals surface area contributed by atoms with Gasteiger partial charge in [0.1, 0.15) is 6.04 Å². The molecule has 1 amide bonds. The second-order valence-corrected chi connectivity index (χ2v) is 4.12.